The molecule has 350 valence electrons. The van der Waals surface area contributed by atoms with Gasteiger partial charge in [0.1, 0.15) is 11.9 Å². The van der Waals surface area contributed by atoms with Crippen LogP contribution in [0.5, 0.6) is 5.75 Å². The molecule has 3 aliphatic carbocycles. The summed E-state index contributed by atoms with van der Waals surface area (Å²) in [5.74, 6) is 0.922. The molecule has 73 heavy (non-hydrogen) atoms. The van der Waals surface area contributed by atoms with Gasteiger partial charge in [0.15, 0.2) is 0 Å². The van der Waals surface area contributed by atoms with Gasteiger partial charge in [0, 0.05) is 56.0 Å². The van der Waals surface area contributed by atoms with Crippen molar-refractivity contribution in [3.63, 3.8) is 0 Å². The van der Waals surface area contributed by atoms with E-state index in [1.807, 2.05) is 0 Å². The van der Waals surface area contributed by atoms with Crippen molar-refractivity contribution in [3.05, 3.63) is 276 Å². The third-order valence-electron chi connectivity index (χ3n) is 16.4. The molecule has 4 aliphatic rings. The number of hydrogen-bond acceptors (Lipinski definition) is 3. The minimum atomic E-state index is -0.215. The molecule has 0 N–H and O–H groups in total. The number of fused-ring (bicyclic) bond motifs is 8. The highest BCUT2D eigenvalue weighted by atomic mass is 16.5. The highest BCUT2D eigenvalue weighted by molar-refractivity contribution is 6.05. The molecular formula is C70H54N2O. The Morgan fingerprint density at radius 1 is 0.397 bits per heavy atom. The number of anilines is 5. The van der Waals surface area contributed by atoms with Crippen LogP contribution in [0.1, 0.15) is 61.4 Å². The number of rotatable bonds is 8. The first-order valence-electron chi connectivity index (χ1n) is 25.7. The van der Waals surface area contributed by atoms with Crippen LogP contribution in [0.25, 0.3) is 55.3 Å². The van der Waals surface area contributed by atoms with Crippen LogP contribution in [-0.4, -0.2) is 6.10 Å². The highest BCUT2D eigenvalue weighted by Gasteiger charge is 2.39. The van der Waals surface area contributed by atoms with Crippen LogP contribution in [0.15, 0.2) is 248 Å². The van der Waals surface area contributed by atoms with Gasteiger partial charge in [0.2, 0.25) is 0 Å². The second-order valence-corrected chi connectivity index (χ2v) is 21.2. The minimum Gasteiger partial charge on any atom is -0.485 e. The number of allylic oxidation sites excluding steroid dienone is 1. The summed E-state index contributed by atoms with van der Waals surface area (Å²) in [5, 5.41) is 2.32. The first-order valence-corrected chi connectivity index (χ1v) is 25.7. The molecule has 0 saturated heterocycles. The lowest BCUT2D eigenvalue weighted by Crippen LogP contribution is -2.31. The number of ether oxygens (including phenoxy) is 1. The van der Waals surface area contributed by atoms with Gasteiger partial charge in [-0.15, -0.1) is 0 Å². The summed E-state index contributed by atoms with van der Waals surface area (Å²) in [7, 11) is 0. The van der Waals surface area contributed by atoms with Crippen molar-refractivity contribution in [2.45, 2.75) is 50.5 Å². The molecule has 0 spiro atoms. The molecule has 0 aromatic heterocycles. The van der Waals surface area contributed by atoms with Crippen LogP contribution in [-0.2, 0) is 10.8 Å². The molecule has 1 aliphatic heterocycles. The minimum absolute atomic E-state index is 0.0175. The predicted octanol–water partition coefficient (Wildman–Crippen LogP) is 18.4. The van der Waals surface area contributed by atoms with Crippen LogP contribution >= 0.6 is 0 Å². The molecule has 1 unspecified atom stereocenters. The Hall–Kier alpha value is -8.66. The lowest BCUT2D eigenvalue weighted by molar-refractivity contribution is 0.226. The maximum atomic E-state index is 7.25. The standard InChI is InChI=1S/C70H54N2O/c1-69(2)61-24-13-11-20-54(61)56-37-34-51(42-63(56)69)71(49-30-26-47(27-31-49)45-16-7-5-8-17-45)53-36-39-58-59-22-15-23-60-65(40-41-66(68(59)60)73-67(58)44-53)72(50-32-28-48(29-33-50)46-18-9-6-10-19-46)52-35-38-57-55-21-12-14-25-62(55)70(3,4)64(57)43-52/h5-44,58,67H,1-4H3/t58?,67-/m0/s1. The quantitative estimate of drug-likeness (QED) is 0.151. The summed E-state index contributed by atoms with van der Waals surface area (Å²) in [4.78, 5) is 4.87. The van der Waals surface area contributed by atoms with Crippen molar-refractivity contribution in [2.75, 3.05) is 9.80 Å². The fourth-order valence-corrected chi connectivity index (χ4v) is 12.7. The molecule has 3 nitrogen and oxygen atoms in total. The first kappa shape index (κ1) is 43.2. The summed E-state index contributed by atoms with van der Waals surface area (Å²) in [6.45, 7) is 9.44. The summed E-state index contributed by atoms with van der Waals surface area (Å²) in [6.07, 6.45) is 6.83. The van der Waals surface area contributed by atoms with E-state index in [2.05, 4.69) is 280 Å². The Bertz CT molecular complexity index is 3880. The normalized spacial score (nSPS) is 16.8. The highest BCUT2D eigenvalue weighted by Crippen LogP contribution is 2.54. The van der Waals surface area contributed by atoms with Crippen LogP contribution in [0.4, 0.5) is 28.4 Å². The van der Waals surface area contributed by atoms with Gasteiger partial charge in [-0.2, -0.15) is 0 Å². The van der Waals surface area contributed by atoms with E-state index in [-0.39, 0.29) is 22.9 Å². The molecule has 2 atom stereocenters. The predicted molar refractivity (Wildman–Crippen MR) is 304 cm³/mol. The lowest BCUT2D eigenvalue weighted by atomic mass is 9.82. The molecular weight excluding hydrogens is 885 g/mol. The van der Waals surface area contributed by atoms with Crippen molar-refractivity contribution in [1.82, 2.24) is 0 Å². The summed E-state index contributed by atoms with van der Waals surface area (Å²) < 4.78 is 7.25. The van der Waals surface area contributed by atoms with Crippen molar-refractivity contribution in [3.8, 4) is 50.3 Å². The van der Waals surface area contributed by atoms with Gasteiger partial charge in [0.05, 0.1) is 5.69 Å². The molecule has 10 aromatic carbocycles. The van der Waals surface area contributed by atoms with Gasteiger partial charge in [-0.1, -0.05) is 198 Å². The average molecular weight is 939 g/mol. The molecule has 0 radical (unpaired) electrons. The van der Waals surface area contributed by atoms with Gasteiger partial charge in [-0.3, -0.25) is 0 Å². The second kappa shape index (κ2) is 16.4. The van der Waals surface area contributed by atoms with Crippen LogP contribution in [0.3, 0.4) is 0 Å². The Labute approximate surface area is 428 Å². The molecule has 3 heteroatoms. The van der Waals surface area contributed by atoms with Gasteiger partial charge in [-0.05, 0) is 145 Å². The van der Waals surface area contributed by atoms with E-state index >= 15 is 0 Å². The van der Waals surface area contributed by atoms with Crippen molar-refractivity contribution in [2.24, 2.45) is 0 Å². The summed E-state index contributed by atoms with van der Waals surface area (Å²) >= 11 is 0. The largest absolute Gasteiger partial charge is 0.485 e. The third-order valence-corrected chi connectivity index (χ3v) is 16.4. The number of nitrogens with zero attached hydrogens (tertiary/aromatic N) is 2. The molecule has 0 saturated carbocycles. The lowest BCUT2D eigenvalue weighted by Gasteiger charge is -2.37. The zero-order valence-electron chi connectivity index (χ0n) is 41.6. The Kier molecular flexibility index (Phi) is 9.72. The zero-order valence-corrected chi connectivity index (χ0v) is 41.6. The van der Waals surface area contributed by atoms with Crippen molar-refractivity contribution >= 4 is 39.2 Å². The Morgan fingerprint density at radius 3 is 1.45 bits per heavy atom. The number of hydrogen-bond donors (Lipinski definition) is 0. The fourth-order valence-electron chi connectivity index (χ4n) is 12.7. The van der Waals surface area contributed by atoms with Gasteiger partial charge >= 0.3 is 0 Å². The van der Waals surface area contributed by atoms with E-state index in [4.69, 9.17) is 4.74 Å². The van der Waals surface area contributed by atoms with Gasteiger partial charge in [0.25, 0.3) is 0 Å². The number of benzene rings is 10. The molecule has 0 bridgehead atoms. The molecule has 0 fully saturated rings. The van der Waals surface area contributed by atoms with E-state index in [0.717, 1.165) is 50.7 Å². The second-order valence-electron chi connectivity index (χ2n) is 21.2. The Balaban J connectivity index is 0.867. The topological polar surface area (TPSA) is 15.7 Å². The molecule has 14 rings (SSSR count). The monoisotopic (exact) mass is 938 g/mol. The maximum absolute atomic E-state index is 7.25. The smallest absolute Gasteiger partial charge is 0.129 e. The third kappa shape index (κ3) is 6.79. The van der Waals surface area contributed by atoms with E-state index in [1.54, 1.807) is 0 Å². The van der Waals surface area contributed by atoms with E-state index < -0.39 is 0 Å². The molecule has 1 heterocycles. The fraction of sp³-hybridized carbons (Fsp3) is 0.114. The van der Waals surface area contributed by atoms with Crippen LogP contribution in [0, 0.1) is 0 Å². The molecule has 0 amide bonds. The molecule has 10 aromatic rings. The first-order chi connectivity index (χ1) is 35.7. The van der Waals surface area contributed by atoms with Crippen molar-refractivity contribution < 1.29 is 4.74 Å². The van der Waals surface area contributed by atoms with E-state index in [9.17, 15) is 0 Å². The van der Waals surface area contributed by atoms with Gasteiger partial charge < -0.3 is 14.5 Å². The maximum Gasteiger partial charge on any atom is 0.129 e. The van der Waals surface area contributed by atoms with E-state index in [1.165, 1.54) is 72.3 Å². The Morgan fingerprint density at radius 2 is 0.877 bits per heavy atom. The van der Waals surface area contributed by atoms with Crippen molar-refractivity contribution in [1.29, 1.82) is 0 Å². The summed E-state index contributed by atoms with van der Waals surface area (Å²) in [5.41, 5.74) is 23.1. The van der Waals surface area contributed by atoms with Crippen LogP contribution < -0.4 is 14.5 Å². The average Bonchev–Trinajstić information content (AvgIpc) is 3.81. The van der Waals surface area contributed by atoms with E-state index in [0.29, 0.717) is 0 Å². The SMILES string of the molecule is CC1(C)c2ccccc2-c2ccc(N(C3=C[C@@H]4Oc5ccc(N(c6ccc(-c7ccccc7)cc6)c6ccc7c(c6)C(C)(C)c6ccccc6-7)c6cccc(c56)C4C=C3)c3ccc(-c4ccccc4)cc3)cc21. The zero-order chi connectivity index (χ0) is 49.0. The van der Waals surface area contributed by atoms with Gasteiger partial charge in [-0.25, -0.2) is 0 Å². The summed E-state index contributed by atoms with van der Waals surface area (Å²) in [6, 6.07) is 82.5. The van der Waals surface area contributed by atoms with Crippen LogP contribution in [0.2, 0.25) is 0 Å².